The lowest BCUT2D eigenvalue weighted by Gasteiger charge is -2.33. The van der Waals surface area contributed by atoms with Crippen molar-refractivity contribution in [2.45, 2.75) is 30.2 Å². The van der Waals surface area contributed by atoms with Gasteiger partial charge in [-0.2, -0.15) is 4.31 Å². The molecule has 1 unspecified atom stereocenters. The second-order valence-corrected chi connectivity index (χ2v) is 7.35. The Hall–Kier alpha value is -2.04. The van der Waals surface area contributed by atoms with Crippen molar-refractivity contribution in [3.8, 4) is 0 Å². The Morgan fingerprint density at radius 2 is 2.00 bits per heavy atom. The van der Waals surface area contributed by atoms with Crippen LogP contribution in [0.2, 0.25) is 0 Å². The zero-order valence-corrected chi connectivity index (χ0v) is 13.9. The fourth-order valence-electron chi connectivity index (χ4n) is 2.64. The van der Waals surface area contributed by atoms with E-state index in [2.05, 4.69) is 5.32 Å². The van der Waals surface area contributed by atoms with Gasteiger partial charge in [-0.15, -0.1) is 0 Å². The van der Waals surface area contributed by atoms with Crippen molar-refractivity contribution in [1.29, 1.82) is 0 Å². The number of sulfonamides is 1. The highest BCUT2D eigenvalue weighted by atomic mass is 32.2. The van der Waals surface area contributed by atoms with Gasteiger partial charge in [0.1, 0.15) is 6.04 Å². The highest BCUT2D eigenvalue weighted by molar-refractivity contribution is 7.89. The molecular formula is C14H20N4O5S. The first-order valence-electron chi connectivity index (χ1n) is 7.62. The van der Waals surface area contributed by atoms with Gasteiger partial charge in [-0.05, 0) is 25.0 Å². The SMILES string of the molecule is NCCNC(=O)C1CCCCN1S(=O)(=O)c1ccc([N+](=O)[O-])cc1. The van der Waals surface area contributed by atoms with E-state index in [1.807, 2.05) is 0 Å². The number of nitrogens with two attached hydrogens (primary N) is 1. The molecule has 0 saturated carbocycles. The number of nitrogens with zero attached hydrogens (tertiary/aromatic N) is 2. The third-order valence-electron chi connectivity index (χ3n) is 3.85. The van der Waals surface area contributed by atoms with Crippen LogP contribution in [0.15, 0.2) is 29.2 Å². The summed E-state index contributed by atoms with van der Waals surface area (Å²) in [4.78, 5) is 22.3. The average molecular weight is 356 g/mol. The molecule has 1 aliphatic rings. The summed E-state index contributed by atoms with van der Waals surface area (Å²) in [6.07, 6.45) is 1.85. The van der Waals surface area contributed by atoms with E-state index in [1.54, 1.807) is 0 Å². The molecule has 1 aromatic carbocycles. The van der Waals surface area contributed by atoms with Crippen LogP contribution in [-0.4, -0.2) is 49.2 Å². The number of rotatable bonds is 6. The van der Waals surface area contributed by atoms with Gasteiger partial charge in [0.05, 0.1) is 9.82 Å². The molecule has 1 atom stereocenters. The number of hydrogen-bond donors (Lipinski definition) is 2. The largest absolute Gasteiger partial charge is 0.353 e. The normalized spacial score (nSPS) is 19.0. The predicted octanol–water partition coefficient (Wildman–Crippen LogP) is 0.213. The second kappa shape index (κ2) is 7.69. The molecule has 1 amide bonds. The van der Waals surface area contributed by atoms with E-state index < -0.39 is 21.0 Å². The molecule has 132 valence electrons. The van der Waals surface area contributed by atoms with E-state index >= 15 is 0 Å². The molecule has 3 N–H and O–H groups in total. The molecule has 0 aliphatic carbocycles. The molecular weight excluding hydrogens is 336 g/mol. The molecule has 24 heavy (non-hydrogen) atoms. The first-order chi connectivity index (χ1) is 11.4. The summed E-state index contributed by atoms with van der Waals surface area (Å²) in [6, 6.07) is 3.87. The number of hydrogen-bond acceptors (Lipinski definition) is 6. The van der Waals surface area contributed by atoms with Crippen LogP contribution in [0, 0.1) is 10.1 Å². The van der Waals surface area contributed by atoms with Gasteiger partial charge in [-0.3, -0.25) is 14.9 Å². The molecule has 1 aliphatic heterocycles. The molecule has 9 nitrogen and oxygen atoms in total. The van der Waals surface area contributed by atoms with Crippen LogP contribution in [0.25, 0.3) is 0 Å². The first-order valence-corrected chi connectivity index (χ1v) is 9.06. The van der Waals surface area contributed by atoms with Crippen molar-refractivity contribution in [3.63, 3.8) is 0 Å². The minimum absolute atomic E-state index is 0.0633. The standard InChI is InChI=1S/C14H20N4O5S/c15-8-9-16-14(19)13-3-1-2-10-17(13)24(22,23)12-6-4-11(5-7-12)18(20)21/h4-7,13H,1-3,8-10,15H2,(H,16,19). The van der Waals surface area contributed by atoms with Crippen molar-refractivity contribution in [3.05, 3.63) is 34.4 Å². The van der Waals surface area contributed by atoms with Crippen molar-refractivity contribution < 1.29 is 18.1 Å². The lowest BCUT2D eigenvalue weighted by Crippen LogP contribution is -2.52. The summed E-state index contributed by atoms with van der Waals surface area (Å²) in [7, 11) is -3.91. The van der Waals surface area contributed by atoms with Gasteiger partial charge in [0.2, 0.25) is 15.9 Å². The molecule has 1 aromatic rings. The van der Waals surface area contributed by atoms with E-state index in [1.165, 1.54) is 16.4 Å². The Labute approximate surface area is 140 Å². The Balaban J connectivity index is 2.27. The zero-order valence-electron chi connectivity index (χ0n) is 13.1. The van der Waals surface area contributed by atoms with E-state index in [0.717, 1.165) is 18.6 Å². The molecule has 0 aromatic heterocycles. The molecule has 1 saturated heterocycles. The van der Waals surface area contributed by atoms with Crippen LogP contribution in [0.3, 0.4) is 0 Å². The Bertz CT molecular complexity index is 704. The number of non-ortho nitro benzene ring substituents is 1. The fraction of sp³-hybridized carbons (Fsp3) is 0.500. The Kier molecular flexibility index (Phi) is 5.86. The van der Waals surface area contributed by atoms with Crippen LogP contribution in [0.1, 0.15) is 19.3 Å². The fourth-order valence-corrected chi connectivity index (χ4v) is 4.30. The third-order valence-corrected chi connectivity index (χ3v) is 5.78. The molecule has 10 heteroatoms. The van der Waals surface area contributed by atoms with Crippen molar-refractivity contribution in [2.24, 2.45) is 5.73 Å². The monoisotopic (exact) mass is 356 g/mol. The predicted molar refractivity (Wildman–Crippen MR) is 86.7 cm³/mol. The van der Waals surface area contributed by atoms with Crippen molar-refractivity contribution in [1.82, 2.24) is 9.62 Å². The lowest BCUT2D eigenvalue weighted by atomic mass is 10.0. The smallest absolute Gasteiger partial charge is 0.269 e. The summed E-state index contributed by atoms with van der Waals surface area (Å²) < 4.78 is 26.8. The zero-order chi connectivity index (χ0) is 17.7. The minimum Gasteiger partial charge on any atom is -0.353 e. The lowest BCUT2D eigenvalue weighted by molar-refractivity contribution is -0.384. The van der Waals surface area contributed by atoms with Crippen LogP contribution in [0.4, 0.5) is 5.69 Å². The molecule has 0 radical (unpaired) electrons. The highest BCUT2D eigenvalue weighted by Crippen LogP contribution is 2.26. The third kappa shape index (κ3) is 3.89. The van der Waals surface area contributed by atoms with E-state index in [4.69, 9.17) is 5.73 Å². The van der Waals surface area contributed by atoms with Gasteiger partial charge in [-0.25, -0.2) is 8.42 Å². The second-order valence-electron chi connectivity index (χ2n) is 5.46. The number of nitro benzene ring substituents is 1. The molecule has 1 fully saturated rings. The number of piperidine rings is 1. The number of carbonyl (C=O) groups excluding carboxylic acids is 1. The Morgan fingerprint density at radius 1 is 1.33 bits per heavy atom. The number of nitro groups is 1. The van der Waals surface area contributed by atoms with E-state index in [9.17, 15) is 23.3 Å². The first kappa shape index (κ1) is 18.3. The van der Waals surface area contributed by atoms with Crippen molar-refractivity contribution in [2.75, 3.05) is 19.6 Å². The molecule has 0 bridgehead atoms. The maximum Gasteiger partial charge on any atom is 0.269 e. The van der Waals surface area contributed by atoms with Gasteiger partial charge < -0.3 is 11.1 Å². The van der Waals surface area contributed by atoms with E-state index in [0.29, 0.717) is 12.8 Å². The number of amides is 1. The topological polar surface area (TPSA) is 136 Å². The number of carbonyl (C=O) groups is 1. The summed E-state index contributed by atoms with van der Waals surface area (Å²) in [6.45, 7) is 0.786. The molecule has 1 heterocycles. The van der Waals surface area contributed by atoms with E-state index in [-0.39, 0.29) is 36.1 Å². The summed E-state index contributed by atoms with van der Waals surface area (Å²) in [5.74, 6) is -0.370. The van der Waals surface area contributed by atoms with Crippen LogP contribution in [0.5, 0.6) is 0 Å². The van der Waals surface area contributed by atoms with Gasteiger partial charge >= 0.3 is 0 Å². The van der Waals surface area contributed by atoms with Gasteiger partial charge in [-0.1, -0.05) is 6.42 Å². The molecule has 2 rings (SSSR count). The summed E-state index contributed by atoms with van der Waals surface area (Å²) in [5.41, 5.74) is 5.16. The van der Waals surface area contributed by atoms with Crippen LogP contribution < -0.4 is 11.1 Å². The maximum absolute atomic E-state index is 12.8. The van der Waals surface area contributed by atoms with Gasteiger partial charge in [0.15, 0.2) is 0 Å². The van der Waals surface area contributed by atoms with Crippen LogP contribution >= 0.6 is 0 Å². The van der Waals surface area contributed by atoms with Crippen molar-refractivity contribution >= 4 is 21.6 Å². The van der Waals surface area contributed by atoms with Gasteiger partial charge in [0.25, 0.3) is 5.69 Å². The Morgan fingerprint density at radius 3 is 2.58 bits per heavy atom. The quantitative estimate of drug-likeness (QED) is 0.552. The highest BCUT2D eigenvalue weighted by Gasteiger charge is 2.37. The number of benzene rings is 1. The van der Waals surface area contributed by atoms with Gasteiger partial charge in [0, 0.05) is 31.8 Å². The number of nitrogens with one attached hydrogen (secondary N) is 1. The minimum atomic E-state index is -3.91. The summed E-state index contributed by atoms with van der Waals surface area (Å²) >= 11 is 0. The molecule has 0 spiro atoms. The maximum atomic E-state index is 12.8. The summed E-state index contributed by atoms with van der Waals surface area (Å²) in [5, 5.41) is 13.3. The average Bonchev–Trinajstić information content (AvgIpc) is 2.59. The van der Waals surface area contributed by atoms with Crippen LogP contribution in [-0.2, 0) is 14.8 Å².